The maximum Gasteiger partial charge on any atom is 0.254 e. The van der Waals surface area contributed by atoms with Crippen molar-refractivity contribution in [2.45, 2.75) is 32.9 Å². The average molecular weight is 393 g/mol. The molecule has 0 saturated carbocycles. The summed E-state index contributed by atoms with van der Waals surface area (Å²) in [6, 6.07) is 7.59. The van der Waals surface area contributed by atoms with E-state index in [9.17, 15) is 4.79 Å². The molecule has 0 bridgehead atoms. The molecule has 4 rings (SSSR count). The van der Waals surface area contributed by atoms with Crippen LogP contribution in [-0.2, 0) is 11.3 Å². The standard InChI is InChI=1S/C21H23N5O3/c1-13-14(2)25-20(26-21(13)27)16-3-4-18(24-11-16)23-10-15-5-7-22-19(9-15)29-17-6-8-28-12-17/h3-5,7,9,11,17H,6,8,10,12H2,1-2H3,(H,23,24)(H,25,26,27). The monoisotopic (exact) mass is 393 g/mol. The summed E-state index contributed by atoms with van der Waals surface area (Å²) in [6.45, 7) is 5.52. The first-order valence-corrected chi connectivity index (χ1v) is 9.55. The number of aromatic amines is 1. The van der Waals surface area contributed by atoms with Gasteiger partial charge in [0.2, 0.25) is 5.88 Å². The van der Waals surface area contributed by atoms with Crippen LogP contribution < -0.4 is 15.6 Å². The van der Waals surface area contributed by atoms with Gasteiger partial charge >= 0.3 is 0 Å². The van der Waals surface area contributed by atoms with Crippen LogP contribution in [0.25, 0.3) is 11.4 Å². The molecule has 8 nitrogen and oxygen atoms in total. The van der Waals surface area contributed by atoms with Crippen LogP contribution in [0.1, 0.15) is 23.2 Å². The van der Waals surface area contributed by atoms with Crippen molar-refractivity contribution in [2.24, 2.45) is 0 Å². The van der Waals surface area contributed by atoms with Gasteiger partial charge in [-0.05, 0) is 37.6 Å². The Morgan fingerprint density at radius 3 is 2.90 bits per heavy atom. The second-order valence-corrected chi connectivity index (χ2v) is 7.02. The second-order valence-electron chi connectivity index (χ2n) is 7.02. The number of aryl methyl sites for hydroxylation is 1. The summed E-state index contributed by atoms with van der Waals surface area (Å²) in [7, 11) is 0. The molecule has 2 N–H and O–H groups in total. The van der Waals surface area contributed by atoms with E-state index in [0.717, 1.165) is 30.0 Å². The number of hydrogen-bond donors (Lipinski definition) is 2. The van der Waals surface area contributed by atoms with E-state index in [-0.39, 0.29) is 11.7 Å². The molecule has 8 heteroatoms. The van der Waals surface area contributed by atoms with Gasteiger partial charge in [0.1, 0.15) is 17.7 Å². The van der Waals surface area contributed by atoms with Crippen molar-refractivity contribution in [1.29, 1.82) is 0 Å². The maximum absolute atomic E-state index is 11.9. The van der Waals surface area contributed by atoms with E-state index < -0.39 is 0 Å². The highest BCUT2D eigenvalue weighted by Crippen LogP contribution is 2.18. The third-order valence-corrected chi connectivity index (χ3v) is 4.88. The number of anilines is 1. The van der Waals surface area contributed by atoms with Gasteiger partial charge in [0.25, 0.3) is 5.56 Å². The van der Waals surface area contributed by atoms with Crippen molar-refractivity contribution in [1.82, 2.24) is 19.9 Å². The van der Waals surface area contributed by atoms with Crippen LogP contribution >= 0.6 is 0 Å². The first-order valence-electron chi connectivity index (χ1n) is 9.55. The first kappa shape index (κ1) is 19.1. The molecular formula is C21H23N5O3. The van der Waals surface area contributed by atoms with Gasteiger partial charge in [-0.3, -0.25) is 4.79 Å². The van der Waals surface area contributed by atoms with E-state index in [2.05, 4.69) is 25.3 Å². The predicted octanol–water partition coefficient (Wildman–Crippen LogP) is 2.62. The fourth-order valence-electron chi connectivity index (χ4n) is 3.01. The Morgan fingerprint density at radius 1 is 1.28 bits per heavy atom. The Balaban J connectivity index is 1.40. The van der Waals surface area contributed by atoms with E-state index in [1.165, 1.54) is 0 Å². The van der Waals surface area contributed by atoms with E-state index >= 15 is 0 Å². The van der Waals surface area contributed by atoms with Crippen LogP contribution in [-0.4, -0.2) is 39.3 Å². The lowest BCUT2D eigenvalue weighted by Crippen LogP contribution is -2.16. The van der Waals surface area contributed by atoms with Gasteiger partial charge in [-0.25, -0.2) is 15.0 Å². The Bertz CT molecular complexity index is 1040. The lowest BCUT2D eigenvalue weighted by Gasteiger charge is -2.12. The average Bonchev–Trinajstić information content (AvgIpc) is 3.24. The second kappa shape index (κ2) is 8.40. The highest BCUT2D eigenvalue weighted by Gasteiger charge is 2.17. The third-order valence-electron chi connectivity index (χ3n) is 4.88. The molecule has 29 heavy (non-hydrogen) atoms. The highest BCUT2D eigenvalue weighted by atomic mass is 16.5. The van der Waals surface area contributed by atoms with E-state index in [4.69, 9.17) is 9.47 Å². The summed E-state index contributed by atoms with van der Waals surface area (Å²) >= 11 is 0. The number of ether oxygens (including phenoxy) is 2. The lowest BCUT2D eigenvalue weighted by molar-refractivity contribution is 0.138. The third kappa shape index (κ3) is 4.60. The van der Waals surface area contributed by atoms with Crippen LogP contribution in [0.15, 0.2) is 41.5 Å². The quantitative estimate of drug-likeness (QED) is 0.664. The Labute approximate surface area is 168 Å². The molecule has 1 aliphatic rings. The van der Waals surface area contributed by atoms with Crippen molar-refractivity contribution in [3.63, 3.8) is 0 Å². The Hall–Kier alpha value is -3.26. The molecule has 1 fully saturated rings. The fourth-order valence-corrected chi connectivity index (χ4v) is 3.01. The van der Waals surface area contributed by atoms with E-state index in [1.807, 2.05) is 31.2 Å². The van der Waals surface area contributed by atoms with Crippen molar-refractivity contribution in [3.05, 3.63) is 63.8 Å². The molecule has 1 atom stereocenters. The van der Waals surface area contributed by atoms with Gasteiger partial charge in [0.15, 0.2) is 0 Å². The minimum absolute atomic E-state index is 0.0744. The van der Waals surface area contributed by atoms with Gasteiger partial charge < -0.3 is 19.8 Å². The molecular weight excluding hydrogens is 370 g/mol. The van der Waals surface area contributed by atoms with Crippen LogP contribution in [0, 0.1) is 13.8 Å². The van der Waals surface area contributed by atoms with E-state index in [0.29, 0.717) is 36.1 Å². The Kier molecular flexibility index (Phi) is 5.53. The lowest BCUT2D eigenvalue weighted by atomic mass is 10.2. The van der Waals surface area contributed by atoms with Crippen molar-refractivity contribution < 1.29 is 9.47 Å². The maximum atomic E-state index is 11.9. The number of rotatable bonds is 6. The van der Waals surface area contributed by atoms with Crippen molar-refractivity contribution >= 4 is 5.82 Å². The molecule has 0 aliphatic carbocycles. The molecule has 1 aliphatic heterocycles. The Morgan fingerprint density at radius 2 is 2.17 bits per heavy atom. The van der Waals surface area contributed by atoms with Crippen molar-refractivity contribution in [3.8, 4) is 17.3 Å². The molecule has 0 radical (unpaired) electrons. The molecule has 3 aromatic rings. The zero-order valence-electron chi connectivity index (χ0n) is 16.4. The predicted molar refractivity (Wildman–Crippen MR) is 109 cm³/mol. The topological polar surface area (TPSA) is 102 Å². The fraction of sp³-hybridized carbons (Fsp3) is 0.333. The summed E-state index contributed by atoms with van der Waals surface area (Å²) in [5, 5.41) is 3.28. The zero-order valence-corrected chi connectivity index (χ0v) is 16.4. The number of hydrogen-bond acceptors (Lipinski definition) is 7. The molecule has 4 heterocycles. The number of nitrogens with one attached hydrogen (secondary N) is 2. The summed E-state index contributed by atoms with van der Waals surface area (Å²) < 4.78 is 11.2. The van der Waals surface area contributed by atoms with Crippen LogP contribution in [0.2, 0.25) is 0 Å². The van der Waals surface area contributed by atoms with Crippen LogP contribution in [0.4, 0.5) is 5.82 Å². The first-order chi connectivity index (χ1) is 14.1. The summed E-state index contributed by atoms with van der Waals surface area (Å²) in [4.78, 5) is 27.9. The number of pyridine rings is 2. The van der Waals surface area contributed by atoms with Gasteiger partial charge in [0.05, 0.1) is 13.2 Å². The van der Waals surface area contributed by atoms with Gasteiger partial charge in [-0.1, -0.05) is 0 Å². The zero-order chi connectivity index (χ0) is 20.2. The smallest absolute Gasteiger partial charge is 0.254 e. The number of H-pyrrole nitrogens is 1. The summed E-state index contributed by atoms with van der Waals surface area (Å²) in [6.07, 6.45) is 4.39. The van der Waals surface area contributed by atoms with E-state index in [1.54, 1.807) is 19.3 Å². The van der Waals surface area contributed by atoms with Crippen LogP contribution in [0.3, 0.4) is 0 Å². The van der Waals surface area contributed by atoms with Gasteiger partial charge in [-0.15, -0.1) is 0 Å². The van der Waals surface area contributed by atoms with Crippen LogP contribution in [0.5, 0.6) is 5.88 Å². The number of nitrogens with zero attached hydrogens (tertiary/aromatic N) is 3. The molecule has 3 aromatic heterocycles. The van der Waals surface area contributed by atoms with Gasteiger partial charge in [-0.2, -0.15) is 0 Å². The molecule has 1 saturated heterocycles. The molecule has 0 aromatic carbocycles. The number of aromatic nitrogens is 4. The van der Waals surface area contributed by atoms with Gasteiger partial charge in [0, 0.05) is 48.2 Å². The largest absolute Gasteiger partial charge is 0.472 e. The van der Waals surface area contributed by atoms with Crippen molar-refractivity contribution in [2.75, 3.05) is 18.5 Å². The minimum Gasteiger partial charge on any atom is -0.472 e. The SMILES string of the molecule is Cc1nc(-c2ccc(NCc3ccnc(OC4CCOC4)c3)nc2)[nH]c(=O)c1C. The molecule has 150 valence electrons. The molecule has 1 unspecified atom stereocenters. The summed E-state index contributed by atoms with van der Waals surface area (Å²) in [5.41, 5.74) is 3.01. The molecule has 0 spiro atoms. The minimum atomic E-state index is -0.130. The molecule has 0 amide bonds. The summed E-state index contributed by atoms with van der Waals surface area (Å²) in [5.74, 6) is 1.85. The normalized spacial score (nSPS) is 16.0. The highest BCUT2D eigenvalue weighted by molar-refractivity contribution is 5.56.